The van der Waals surface area contributed by atoms with Crippen LogP contribution in [-0.2, 0) is 6.54 Å². The second-order valence-electron chi connectivity index (χ2n) is 5.78. The van der Waals surface area contributed by atoms with Crippen LogP contribution in [0.25, 0.3) is 0 Å². The van der Waals surface area contributed by atoms with Gasteiger partial charge in [-0.3, -0.25) is 0 Å². The summed E-state index contributed by atoms with van der Waals surface area (Å²) in [5.41, 5.74) is 10.1. The van der Waals surface area contributed by atoms with Crippen molar-refractivity contribution in [3.63, 3.8) is 0 Å². The van der Waals surface area contributed by atoms with E-state index in [0.29, 0.717) is 6.04 Å². The molecule has 0 aliphatic carbocycles. The fourth-order valence-corrected chi connectivity index (χ4v) is 2.61. The van der Waals surface area contributed by atoms with E-state index in [1.54, 1.807) is 0 Å². The molecular formula is C19H26N2. The van der Waals surface area contributed by atoms with Crippen molar-refractivity contribution in [1.29, 1.82) is 0 Å². The van der Waals surface area contributed by atoms with E-state index in [-0.39, 0.29) is 6.04 Å². The summed E-state index contributed by atoms with van der Waals surface area (Å²) in [6, 6.07) is 19.7. The molecule has 2 rings (SSSR count). The van der Waals surface area contributed by atoms with Crippen LogP contribution in [0.1, 0.15) is 44.4 Å². The lowest BCUT2D eigenvalue weighted by Gasteiger charge is -2.32. The Hall–Kier alpha value is -1.80. The van der Waals surface area contributed by atoms with E-state index in [9.17, 15) is 0 Å². The van der Waals surface area contributed by atoms with Gasteiger partial charge in [0.2, 0.25) is 0 Å². The van der Waals surface area contributed by atoms with Crippen LogP contribution in [0.4, 0.5) is 5.69 Å². The maximum Gasteiger partial charge on any atom is 0.0432 e. The average molecular weight is 282 g/mol. The van der Waals surface area contributed by atoms with E-state index in [4.69, 9.17) is 5.73 Å². The highest BCUT2D eigenvalue weighted by molar-refractivity contribution is 5.56. The number of hydrogen-bond donors (Lipinski definition) is 1. The predicted molar refractivity (Wildman–Crippen MR) is 91.4 cm³/mol. The molecule has 2 aromatic carbocycles. The van der Waals surface area contributed by atoms with Crippen molar-refractivity contribution in [3.8, 4) is 0 Å². The molecule has 2 nitrogen and oxygen atoms in total. The van der Waals surface area contributed by atoms with Crippen LogP contribution in [0.5, 0.6) is 0 Å². The van der Waals surface area contributed by atoms with Gasteiger partial charge in [-0.15, -0.1) is 0 Å². The summed E-state index contributed by atoms with van der Waals surface area (Å²) < 4.78 is 0. The third-order valence-corrected chi connectivity index (χ3v) is 3.90. The van der Waals surface area contributed by atoms with E-state index < -0.39 is 0 Å². The van der Waals surface area contributed by atoms with Crippen LogP contribution in [0, 0.1) is 0 Å². The zero-order valence-electron chi connectivity index (χ0n) is 13.3. The van der Waals surface area contributed by atoms with Crippen molar-refractivity contribution in [2.75, 3.05) is 4.90 Å². The first-order valence-corrected chi connectivity index (χ1v) is 7.78. The summed E-state index contributed by atoms with van der Waals surface area (Å²) in [7, 11) is 0. The van der Waals surface area contributed by atoms with E-state index in [1.165, 1.54) is 16.8 Å². The highest BCUT2D eigenvalue weighted by Crippen LogP contribution is 2.29. The Balaban J connectivity index is 2.35. The van der Waals surface area contributed by atoms with Crippen molar-refractivity contribution in [3.05, 3.63) is 65.7 Å². The van der Waals surface area contributed by atoms with Crippen molar-refractivity contribution in [2.45, 2.75) is 45.8 Å². The molecular weight excluding hydrogens is 256 g/mol. The first kappa shape index (κ1) is 15.6. The molecule has 112 valence electrons. The number of nitrogens with two attached hydrogens (primary N) is 1. The summed E-state index contributed by atoms with van der Waals surface area (Å²) in [6.45, 7) is 7.51. The molecule has 0 aliphatic heterocycles. The Bertz CT molecular complexity index is 549. The third kappa shape index (κ3) is 3.85. The van der Waals surface area contributed by atoms with Crippen molar-refractivity contribution >= 4 is 5.69 Å². The molecule has 0 fully saturated rings. The van der Waals surface area contributed by atoms with Gasteiger partial charge in [0.05, 0.1) is 0 Å². The molecule has 0 unspecified atom stereocenters. The van der Waals surface area contributed by atoms with Crippen LogP contribution in [-0.4, -0.2) is 6.04 Å². The Morgan fingerprint density at radius 3 is 2.19 bits per heavy atom. The van der Waals surface area contributed by atoms with Gasteiger partial charge in [0.25, 0.3) is 0 Å². The van der Waals surface area contributed by atoms with Crippen LogP contribution in [0.15, 0.2) is 54.6 Å². The Kier molecular flexibility index (Phi) is 5.40. The molecule has 0 aromatic heterocycles. The maximum absolute atomic E-state index is 6.30. The van der Waals surface area contributed by atoms with Gasteiger partial charge in [0, 0.05) is 24.3 Å². The zero-order valence-corrected chi connectivity index (χ0v) is 13.3. The Morgan fingerprint density at radius 1 is 0.952 bits per heavy atom. The van der Waals surface area contributed by atoms with E-state index >= 15 is 0 Å². The minimum atomic E-state index is 0.0956. The fourth-order valence-electron chi connectivity index (χ4n) is 2.61. The molecule has 1 atom stereocenters. The summed E-state index contributed by atoms with van der Waals surface area (Å²) in [6.07, 6.45) is 0.953. The van der Waals surface area contributed by atoms with Gasteiger partial charge in [-0.1, -0.05) is 55.5 Å². The predicted octanol–water partition coefficient (Wildman–Crippen LogP) is 4.51. The number of rotatable bonds is 6. The van der Waals surface area contributed by atoms with Gasteiger partial charge in [0.1, 0.15) is 0 Å². The second kappa shape index (κ2) is 7.28. The first-order valence-electron chi connectivity index (χ1n) is 7.78. The molecule has 0 bridgehead atoms. The van der Waals surface area contributed by atoms with Crippen LogP contribution in [0.2, 0.25) is 0 Å². The third-order valence-electron chi connectivity index (χ3n) is 3.90. The summed E-state index contributed by atoms with van der Waals surface area (Å²) >= 11 is 0. The summed E-state index contributed by atoms with van der Waals surface area (Å²) in [4.78, 5) is 2.43. The van der Waals surface area contributed by atoms with Crippen molar-refractivity contribution in [2.24, 2.45) is 5.73 Å². The number of para-hydroxylation sites is 1. The molecule has 0 aliphatic rings. The zero-order chi connectivity index (χ0) is 15.2. The quantitative estimate of drug-likeness (QED) is 0.844. The number of anilines is 1. The number of benzene rings is 2. The minimum absolute atomic E-state index is 0.0956. The molecule has 0 radical (unpaired) electrons. The molecule has 0 saturated heterocycles. The Labute approximate surface area is 128 Å². The standard InChI is InChI=1S/C19H26N2/c1-4-18(20)17-12-8-9-13-19(17)21(15(2)3)14-16-10-6-5-7-11-16/h5-13,15,18H,4,14,20H2,1-3H3/t18-/m1/s1. The molecule has 2 aromatic rings. The molecule has 21 heavy (non-hydrogen) atoms. The fraction of sp³-hybridized carbons (Fsp3) is 0.368. The number of hydrogen-bond acceptors (Lipinski definition) is 2. The molecule has 0 heterocycles. The van der Waals surface area contributed by atoms with Gasteiger partial charge in [-0.05, 0) is 37.5 Å². The van der Waals surface area contributed by atoms with Gasteiger partial charge in [0.15, 0.2) is 0 Å². The average Bonchev–Trinajstić information content (AvgIpc) is 2.52. The second-order valence-corrected chi connectivity index (χ2v) is 5.78. The van der Waals surface area contributed by atoms with Crippen LogP contribution < -0.4 is 10.6 Å². The van der Waals surface area contributed by atoms with Gasteiger partial charge in [-0.25, -0.2) is 0 Å². The van der Waals surface area contributed by atoms with Crippen LogP contribution >= 0.6 is 0 Å². The highest BCUT2D eigenvalue weighted by atomic mass is 15.2. The molecule has 0 spiro atoms. The normalized spacial score (nSPS) is 12.4. The maximum atomic E-state index is 6.30. The van der Waals surface area contributed by atoms with Crippen molar-refractivity contribution in [1.82, 2.24) is 0 Å². The minimum Gasteiger partial charge on any atom is -0.365 e. The van der Waals surface area contributed by atoms with Gasteiger partial charge < -0.3 is 10.6 Å². The topological polar surface area (TPSA) is 29.3 Å². The number of nitrogens with zero attached hydrogens (tertiary/aromatic N) is 1. The monoisotopic (exact) mass is 282 g/mol. The highest BCUT2D eigenvalue weighted by Gasteiger charge is 2.17. The SMILES string of the molecule is CC[C@@H](N)c1ccccc1N(Cc1ccccc1)C(C)C. The van der Waals surface area contributed by atoms with E-state index in [0.717, 1.165) is 13.0 Å². The van der Waals surface area contributed by atoms with E-state index in [1.807, 2.05) is 0 Å². The van der Waals surface area contributed by atoms with Crippen LogP contribution in [0.3, 0.4) is 0 Å². The summed E-state index contributed by atoms with van der Waals surface area (Å²) in [5, 5.41) is 0. The lowest BCUT2D eigenvalue weighted by Crippen LogP contribution is -2.31. The largest absolute Gasteiger partial charge is 0.365 e. The summed E-state index contributed by atoms with van der Waals surface area (Å²) in [5.74, 6) is 0. The lowest BCUT2D eigenvalue weighted by atomic mass is 10.0. The first-order chi connectivity index (χ1) is 10.1. The molecule has 2 N–H and O–H groups in total. The van der Waals surface area contributed by atoms with Crippen molar-refractivity contribution < 1.29 is 0 Å². The lowest BCUT2D eigenvalue weighted by molar-refractivity contribution is 0.654. The van der Waals surface area contributed by atoms with Gasteiger partial charge in [-0.2, -0.15) is 0 Å². The smallest absolute Gasteiger partial charge is 0.0432 e. The molecule has 2 heteroatoms. The molecule has 0 saturated carbocycles. The van der Waals surface area contributed by atoms with E-state index in [2.05, 4.69) is 80.3 Å². The molecule has 0 amide bonds. The Morgan fingerprint density at radius 2 is 1.57 bits per heavy atom. The van der Waals surface area contributed by atoms with Gasteiger partial charge >= 0.3 is 0 Å².